The number of fused-ring (bicyclic) bond motifs is 1. The molecule has 1 amide bonds. The predicted octanol–water partition coefficient (Wildman–Crippen LogP) is 6.04. The van der Waals surface area contributed by atoms with Gasteiger partial charge in [0.1, 0.15) is 5.00 Å². The summed E-state index contributed by atoms with van der Waals surface area (Å²) in [5.41, 5.74) is 2.87. The van der Waals surface area contributed by atoms with Crippen molar-refractivity contribution in [3.05, 3.63) is 81.7 Å². The second-order valence-electron chi connectivity index (χ2n) is 11.5. The highest BCUT2D eigenvalue weighted by atomic mass is 32.2. The average Bonchev–Trinajstić information content (AvgIpc) is 3.30. The van der Waals surface area contributed by atoms with Crippen LogP contribution >= 0.6 is 11.3 Å². The Morgan fingerprint density at radius 3 is 2.24 bits per heavy atom. The first-order valence-electron chi connectivity index (χ1n) is 14.5. The maximum absolute atomic E-state index is 13.4. The lowest BCUT2D eigenvalue weighted by molar-refractivity contribution is 0.0526. The van der Waals surface area contributed by atoms with Gasteiger partial charge < -0.3 is 10.1 Å². The molecule has 42 heavy (non-hydrogen) atoms. The summed E-state index contributed by atoms with van der Waals surface area (Å²) in [5.74, 6) is -0.498. The number of anilines is 1. The van der Waals surface area contributed by atoms with Crippen LogP contribution in [0.5, 0.6) is 0 Å². The Hall–Kier alpha value is -3.05. The molecule has 0 spiro atoms. The molecule has 0 bridgehead atoms. The number of hydrogen-bond acceptors (Lipinski definition) is 7. The van der Waals surface area contributed by atoms with Crippen LogP contribution in [0.25, 0.3) is 0 Å². The Morgan fingerprint density at radius 1 is 1.00 bits per heavy atom. The van der Waals surface area contributed by atoms with Crippen molar-refractivity contribution in [1.29, 1.82) is 0 Å². The zero-order valence-electron chi connectivity index (χ0n) is 25.1. The van der Waals surface area contributed by atoms with Crippen molar-refractivity contribution < 1.29 is 22.7 Å². The molecule has 10 heteroatoms. The SMILES string of the molecule is CCOC(=O)c1c(NC(=O)c2ccc(S(=O)(=O)N(CC(C)C)CC(C)C)cc2)sc2c1CCN(Cc1ccccc1)C2. The molecule has 4 rings (SSSR count). The average molecular weight is 612 g/mol. The number of carbonyl (C=O) groups is 2. The summed E-state index contributed by atoms with van der Waals surface area (Å²) in [6.07, 6.45) is 0.679. The lowest BCUT2D eigenvalue weighted by atomic mass is 10.0. The zero-order valence-corrected chi connectivity index (χ0v) is 26.7. The summed E-state index contributed by atoms with van der Waals surface area (Å²) in [7, 11) is -3.71. The number of ether oxygens (including phenoxy) is 1. The minimum atomic E-state index is -3.71. The molecule has 1 aliphatic heterocycles. The summed E-state index contributed by atoms with van der Waals surface area (Å²) in [6, 6.07) is 16.2. The van der Waals surface area contributed by atoms with Crippen LogP contribution in [0.3, 0.4) is 0 Å². The Bertz CT molecular complexity index is 1470. The number of esters is 1. The zero-order chi connectivity index (χ0) is 30.4. The molecule has 1 aromatic heterocycles. The van der Waals surface area contributed by atoms with Crippen molar-refractivity contribution >= 4 is 38.2 Å². The Morgan fingerprint density at radius 2 is 1.64 bits per heavy atom. The third-order valence-corrected chi connectivity index (χ3v) is 9.96. The Balaban J connectivity index is 1.55. The number of thiophene rings is 1. The molecule has 226 valence electrons. The second kappa shape index (κ2) is 13.9. The molecule has 1 aliphatic rings. The highest BCUT2D eigenvalue weighted by Gasteiger charge is 2.30. The smallest absolute Gasteiger partial charge is 0.341 e. The largest absolute Gasteiger partial charge is 0.462 e. The number of amides is 1. The monoisotopic (exact) mass is 611 g/mol. The van der Waals surface area contributed by atoms with Gasteiger partial charge in [0.2, 0.25) is 10.0 Å². The van der Waals surface area contributed by atoms with E-state index in [1.807, 2.05) is 45.9 Å². The molecule has 1 N–H and O–H groups in total. The first-order valence-corrected chi connectivity index (χ1v) is 16.7. The number of hydrogen-bond donors (Lipinski definition) is 1. The van der Waals surface area contributed by atoms with E-state index < -0.39 is 21.9 Å². The van der Waals surface area contributed by atoms with Gasteiger partial charge in [-0.25, -0.2) is 13.2 Å². The normalized spacial score (nSPS) is 13.9. The van der Waals surface area contributed by atoms with E-state index in [1.165, 1.54) is 45.5 Å². The molecular weight excluding hydrogens is 571 g/mol. The lowest BCUT2D eigenvalue weighted by Crippen LogP contribution is -2.37. The van der Waals surface area contributed by atoms with Gasteiger partial charge in [-0.05, 0) is 60.6 Å². The number of nitrogens with zero attached hydrogens (tertiary/aromatic N) is 2. The third kappa shape index (κ3) is 7.66. The van der Waals surface area contributed by atoms with E-state index >= 15 is 0 Å². The molecule has 0 saturated carbocycles. The number of carbonyl (C=O) groups excluding carboxylic acids is 2. The molecule has 2 aromatic carbocycles. The topological polar surface area (TPSA) is 96.0 Å². The quantitative estimate of drug-likeness (QED) is 0.251. The summed E-state index contributed by atoms with van der Waals surface area (Å²) in [6.45, 7) is 13.1. The Labute approximate surface area is 253 Å². The van der Waals surface area contributed by atoms with Gasteiger partial charge in [0.25, 0.3) is 5.91 Å². The van der Waals surface area contributed by atoms with Crippen molar-refractivity contribution in [2.75, 3.05) is 31.6 Å². The summed E-state index contributed by atoms with van der Waals surface area (Å²) >= 11 is 1.40. The van der Waals surface area contributed by atoms with Gasteiger partial charge >= 0.3 is 5.97 Å². The van der Waals surface area contributed by atoms with Crippen molar-refractivity contribution in [3.63, 3.8) is 0 Å². The number of nitrogens with one attached hydrogen (secondary N) is 1. The number of benzene rings is 2. The van der Waals surface area contributed by atoms with Crippen LogP contribution in [0.15, 0.2) is 59.5 Å². The van der Waals surface area contributed by atoms with E-state index in [9.17, 15) is 18.0 Å². The van der Waals surface area contributed by atoms with E-state index in [0.29, 0.717) is 42.2 Å². The molecule has 0 atom stereocenters. The maximum atomic E-state index is 13.4. The first-order chi connectivity index (χ1) is 20.0. The van der Waals surface area contributed by atoms with Crippen molar-refractivity contribution in [2.24, 2.45) is 11.8 Å². The van der Waals surface area contributed by atoms with Gasteiger partial charge in [0.05, 0.1) is 17.1 Å². The fourth-order valence-electron chi connectivity index (χ4n) is 5.13. The molecule has 0 aliphatic carbocycles. The third-order valence-electron chi connectivity index (χ3n) is 6.98. The molecule has 3 aromatic rings. The molecule has 0 saturated heterocycles. The maximum Gasteiger partial charge on any atom is 0.341 e. The standard InChI is InChI=1S/C32H41N3O5S2/c1-6-40-32(37)29-27-16-17-34(20-24-10-8-7-9-11-24)21-28(27)41-31(29)33-30(36)25-12-14-26(15-13-25)42(38,39)35(18-22(2)3)19-23(4)5/h7-15,22-23H,6,16-21H2,1-5H3,(H,33,36). The van der Waals surface area contributed by atoms with Crippen LogP contribution in [0.4, 0.5) is 5.00 Å². The molecule has 0 unspecified atom stereocenters. The van der Waals surface area contributed by atoms with E-state index in [1.54, 1.807) is 6.92 Å². The molecule has 8 nitrogen and oxygen atoms in total. The van der Waals surface area contributed by atoms with Crippen LogP contribution in [0.2, 0.25) is 0 Å². The van der Waals surface area contributed by atoms with Gasteiger partial charge in [0.15, 0.2) is 0 Å². The van der Waals surface area contributed by atoms with Crippen LogP contribution in [0, 0.1) is 11.8 Å². The lowest BCUT2D eigenvalue weighted by Gasteiger charge is -2.27. The summed E-state index contributed by atoms with van der Waals surface area (Å²) < 4.78 is 33.6. The van der Waals surface area contributed by atoms with Crippen LogP contribution in [0.1, 0.15) is 71.3 Å². The van der Waals surface area contributed by atoms with Crippen molar-refractivity contribution in [3.8, 4) is 0 Å². The highest BCUT2D eigenvalue weighted by molar-refractivity contribution is 7.89. The van der Waals surface area contributed by atoms with Crippen LogP contribution < -0.4 is 5.32 Å². The number of sulfonamides is 1. The minimum Gasteiger partial charge on any atom is -0.462 e. The van der Waals surface area contributed by atoms with Crippen LogP contribution in [-0.2, 0) is 34.3 Å². The fraction of sp³-hybridized carbons (Fsp3) is 0.438. The molecule has 2 heterocycles. The second-order valence-corrected chi connectivity index (χ2v) is 14.5. The van der Waals surface area contributed by atoms with Gasteiger partial charge in [-0.15, -0.1) is 11.3 Å². The number of rotatable bonds is 12. The van der Waals surface area contributed by atoms with E-state index in [4.69, 9.17) is 4.74 Å². The van der Waals surface area contributed by atoms with E-state index in [0.717, 1.165) is 23.5 Å². The molecule has 0 radical (unpaired) electrons. The fourth-order valence-corrected chi connectivity index (χ4v) is 8.17. The first kappa shape index (κ1) is 31.9. The van der Waals surface area contributed by atoms with Crippen LogP contribution in [-0.4, -0.2) is 55.7 Å². The van der Waals surface area contributed by atoms with Crippen molar-refractivity contribution in [2.45, 2.75) is 59.0 Å². The Kier molecular flexibility index (Phi) is 10.6. The van der Waals surface area contributed by atoms with Gasteiger partial charge in [-0.2, -0.15) is 4.31 Å². The van der Waals surface area contributed by atoms with Crippen molar-refractivity contribution in [1.82, 2.24) is 9.21 Å². The molecular formula is C32H41N3O5S2. The highest BCUT2D eigenvalue weighted by Crippen LogP contribution is 2.38. The molecule has 0 fully saturated rings. The summed E-state index contributed by atoms with van der Waals surface area (Å²) in [4.78, 5) is 29.8. The summed E-state index contributed by atoms with van der Waals surface area (Å²) in [5, 5.41) is 3.38. The van der Waals surface area contributed by atoms with E-state index in [2.05, 4.69) is 22.3 Å². The predicted molar refractivity (Wildman–Crippen MR) is 167 cm³/mol. The van der Waals surface area contributed by atoms with Gasteiger partial charge in [-0.3, -0.25) is 9.69 Å². The van der Waals surface area contributed by atoms with Gasteiger partial charge in [-0.1, -0.05) is 58.0 Å². The van der Waals surface area contributed by atoms with Gasteiger partial charge in [0, 0.05) is 43.2 Å². The van der Waals surface area contributed by atoms with E-state index in [-0.39, 0.29) is 23.3 Å². The minimum absolute atomic E-state index is 0.151.